The summed E-state index contributed by atoms with van der Waals surface area (Å²) in [7, 11) is 0. The Morgan fingerprint density at radius 3 is 2.63 bits per heavy atom. The highest BCUT2D eigenvalue weighted by Crippen LogP contribution is 2.23. The minimum Gasteiger partial charge on any atom is -0.451 e. The Balaban J connectivity index is 1.53. The number of carbonyl (C=O) groups is 3. The van der Waals surface area contributed by atoms with E-state index in [1.807, 2.05) is 30.3 Å². The topological polar surface area (TPSA) is 125 Å². The lowest BCUT2D eigenvalue weighted by atomic mass is 10.0. The summed E-state index contributed by atoms with van der Waals surface area (Å²) in [6.45, 7) is 2.29. The van der Waals surface area contributed by atoms with E-state index in [-0.39, 0.29) is 31.5 Å². The van der Waals surface area contributed by atoms with Crippen LogP contribution in [0.4, 0.5) is 0 Å². The molecule has 0 fully saturated rings. The van der Waals surface area contributed by atoms with Crippen molar-refractivity contribution in [3.05, 3.63) is 83.6 Å². The van der Waals surface area contributed by atoms with E-state index in [1.165, 1.54) is 6.07 Å². The number of hydrogen-bond acceptors (Lipinski definition) is 6. The largest absolute Gasteiger partial charge is 0.451 e. The van der Waals surface area contributed by atoms with Crippen LogP contribution in [0, 0.1) is 17.2 Å². The predicted molar refractivity (Wildman–Crippen MR) is 141 cm³/mol. The first kappa shape index (κ1) is 28.2. The molecule has 38 heavy (non-hydrogen) atoms. The number of amides is 3. The van der Waals surface area contributed by atoms with Crippen LogP contribution in [0.2, 0.25) is 0 Å². The van der Waals surface area contributed by atoms with Gasteiger partial charge in [0.1, 0.15) is 12.4 Å². The quantitative estimate of drug-likeness (QED) is 0.133. The molecule has 3 aromatic rings. The molecule has 0 aliphatic rings. The maximum atomic E-state index is 12.9. The van der Waals surface area contributed by atoms with Gasteiger partial charge < -0.3 is 15.1 Å². The Labute approximate surface area is 222 Å². The number of hydroxylamine groups is 2. The summed E-state index contributed by atoms with van der Waals surface area (Å²) in [5.41, 5.74) is 2.08. The zero-order chi connectivity index (χ0) is 27.2. The van der Waals surface area contributed by atoms with Gasteiger partial charge >= 0.3 is 0 Å². The van der Waals surface area contributed by atoms with E-state index in [0.717, 1.165) is 29.9 Å². The first-order valence-electron chi connectivity index (χ1n) is 12.6. The SMILES string of the molecule is CCCCCC(CN(C=O)OCc1ccccc1)C(=O)NCNC(=O)c1ccc(-c2cccc(C#N)c2)o1. The number of furan rings is 1. The van der Waals surface area contributed by atoms with Crippen molar-refractivity contribution in [3.8, 4) is 17.4 Å². The molecule has 9 nitrogen and oxygen atoms in total. The van der Waals surface area contributed by atoms with Crippen LogP contribution in [-0.4, -0.2) is 36.5 Å². The summed E-state index contributed by atoms with van der Waals surface area (Å²) in [5, 5.41) is 15.6. The summed E-state index contributed by atoms with van der Waals surface area (Å²) >= 11 is 0. The van der Waals surface area contributed by atoms with Gasteiger partial charge in [-0.3, -0.25) is 19.2 Å². The van der Waals surface area contributed by atoms with Crippen LogP contribution < -0.4 is 10.6 Å². The average molecular weight is 517 g/mol. The van der Waals surface area contributed by atoms with E-state index in [2.05, 4.69) is 23.6 Å². The third kappa shape index (κ3) is 8.61. The van der Waals surface area contributed by atoms with Gasteiger partial charge in [-0.2, -0.15) is 5.26 Å². The summed E-state index contributed by atoms with van der Waals surface area (Å²) in [6.07, 6.45) is 3.94. The van der Waals surface area contributed by atoms with Gasteiger partial charge in [-0.05, 0) is 36.2 Å². The summed E-state index contributed by atoms with van der Waals surface area (Å²) in [5.74, 6) is -0.738. The Kier molecular flexibility index (Phi) is 11.1. The number of carbonyl (C=O) groups excluding carboxylic acids is 3. The summed E-state index contributed by atoms with van der Waals surface area (Å²) < 4.78 is 5.64. The van der Waals surface area contributed by atoms with Crippen molar-refractivity contribution in [2.75, 3.05) is 13.2 Å². The van der Waals surface area contributed by atoms with E-state index in [9.17, 15) is 14.4 Å². The lowest BCUT2D eigenvalue weighted by Crippen LogP contribution is -2.43. The molecule has 3 amide bonds. The van der Waals surface area contributed by atoms with Crippen LogP contribution in [0.15, 0.2) is 71.1 Å². The van der Waals surface area contributed by atoms with Gasteiger partial charge in [0, 0.05) is 5.56 Å². The Morgan fingerprint density at radius 1 is 1.08 bits per heavy atom. The number of nitriles is 1. The second kappa shape index (κ2) is 15.0. The lowest BCUT2D eigenvalue weighted by molar-refractivity contribution is -0.182. The highest BCUT2D eigenvalue weighted by Gasteiger charge is 2.22. The Morgan fingerprint density at radius 2 is 1.89 bits per heavy atom. The van der Waals surface area contributed by atoms with E-state index in [1.54, 1.807) is 30.3 Å². The molecule has 0 aliphatic carbocycles. The van der Waals surface area contributed by atoms with E-state index >= 15 is 0 Å². The van der Waals surface area contributed by atoms with Crippen molar-refractivity contribution in [3.63, 3.8) is 0 Å². The highest BCUT2D eigenvalue weighted by molar-refractivity contribution is 5.92. The molecule has 9 heteroatoms. The smallest absolute Gasteiger partial charge is 0.288 e. The molecule has 0 saturated heterocycles. The molecule has 198 valence electrons. The van der Waals surface area contributed by atoms with Crippen molar-refractivity contribution < 1.29 is 23.6 Å². The van der Waals surface area contributed by atoms with Crippen molar-refractivity contribution in [2.24, 2.45) is 5.92 Å². The van der Waals surface area contributed by atoms with Crippen LogP contribution in [0.3, 0.4) is 0 Å². The molecule has 3 rings (SSSR count). The molecular weight excluding hydrogens is 484 g/mol. The average Bonchev–Trinajstić information content (AvgIpc) is 3.45. The molecule has 1 unspecified atom stereocenters. The molecule has 1 aromatic heterocycles. The second-order valence-electron chi connectivity index (χ2n) is 8.74. The van der Waals surface area contributed by atoms with Gasteiger partial charge in [0.15, 0.2) is 5.76 Å². The predicted octanol–water partition coefficient (Wildman–Crippen LogP) is 4.41. The van der Waals surface area contributed by atoms with Crippen molar-refractivity contribution >= 4 is 18.2 Å². The van der Waals surface area contributed by atoms with Crippen LogP contribution >= 0.6 is 0 Å². The van der Waals surface area contributed by atoms with Crippen molar-refractivity contribution in [1.29, 1.82) is 5.26 Å². The number of nitrogens with zero attached hydrogens (tertiary/aromatic N) is 2. The molecule has 2 aromatic carbocycles. The fraction of sp³-hybridized carbons (Fsp3) is 0.310. The van der Waals surface area contributed by atoms with Crippen molar-refractivity contribution in [1.82, 2.24) is 15.7 Å². The zero-order valence-electron chi connectivity index (χ0n) is 21.4. The maximum absolute atomic E-state index is 12.9. The molecule has 0 spiro atoms. The number of hydrogen-bond donors (Lipinski definition) is 2. The molecule has 0 aliphatic heterocycles. The van der Waals surface area contributed by atoms with Gasteiger partial charge in [0.2, 0.25) is 12.3 Å². The van der Waals surface area contributed by atoms with Gasteiger partial charge in [-0.25, -0.2) is 5.06 Å². The normalized spacial score (nSPS) is 11.3. The second-order valence-corrected chi connectivity index (χ2v) is 8.74. The minimum absolute atomic E-state index is 0.0811. The van der Waals surface area contributed by atoms with Crippen LogP contribution in [-0.2, 0) is 21.0 Å². The van der Waals surface area contributed by atoms with Gasteiger partial charge in [-0.1, -0.05) is 68.7 Å². The molecule has 1 atom stereocenters. The highest BCUT2D eigenvalue weighted by atomic mass is 16.7. The number of nitrogens with one attached hydrogen (secondary N) is 2. The third-order valence-electron chi connectivity index (χ3n) is 5.90. The van der Waals surface area contributed by atoms with Crippen LogP contribution in [0.25, 0.3) is 11.3 Å². The molecule has 2 N–H and O–H groups in total. The molecule has 0 radical (unpaired) electrons. The van der Waals surface area contributed by atoms with Crippen LogP contribution in [0.5, 0.6) is 0 Å². The fourth-order valence-corrected chi connectivity index (χ4v) is 3.82. The zero-order valence-corrected chi connectivity index (χ0v) is 21.4. The summed E-state index contributed by atoms with van der Waals surface area (Å²) in [6, 6.07) is 21.6. The first-order valence-corrected chi connectivity index (χ1v) is 12.6. The van der Waals surface area contributed by atoms with Gasteiger partial charge in [-0.15, -0.1) is 0 Å². The number of unbranched alkanes of at least 4 members (excludes halogenated alkanes) is 2. The Hall–Kier alpha value is -4.42. The van der Waals surface area contributed by atoms with Crippen molar-refractivity contribution in [2.45, 2.75) is 39.2 Å². The van der Waals surface area contributed by atoms with Crippen LogP contribution in [0.1, 0.15) is 54.3 Å². The minimum atomic E-state index is -0.498. The Bertz CT molecular complexity index is 1240. The summed E-state index contributed by atoms with van der Waals surface area (Å²) in [4.78, 5) is 42.7. The first-order chi connectivity index (χ1) is 18.5. The maximum Gasteiger partial charge on any atom is 0.288 e. The molecule has 0 bridgehead atoms. The monoisotopic (exact) mass is 516 g/mol. The van der Waals surface area contributed by atoms with E-state index < -0.39 is 11.8 Å². The van der Waals surface area contributed by atoms with E-state index in [4.69, 9.17) is 14.5 Å². The third-order valence-corrected chi connectivity index (χ3v) is 5.90. The lowest BCUT2D eigenvalue weighted by Gasteiger charge is -2.23. The number of rotatable bonds is 15. The molecule has 1 heterocycles. The standard InChI is InChI=1S/C29H32N4O5/c1-2-3-5-12-25(18-33(21-34)37-19-22-9-6-4-7-10-22)28(35)31-20-32-29(36)27-15-14-26(38-27)24-13-8-11-23(16-24)17-30/h4,6-11,13-16,21,25H,2-3,5,12,18-20H2,1H3,(H,31,35)(H,32,36). The van der Waals surface area contributed by atoms with E-state index in [0.29, 0.717) is 29.7 Å². The molecular formula is C29H32N4O5. The molecule has 0 saturated carbocycles. The fourth-order valence-electron chi connectivity index (χ4n) is 3.82. The number of benzene rings is 2. The van der Waals surface area contributed by atoms with Gasteiger partial charge in [0.05, 0.1) is 30.8 Å². The van der Waals surface area contributed by atoms with Gasteiger partial charge in [0.25, 0.3) is 5.91 Å².